The molecule has 1 aliphatic rings. The standard InChI is InChI=1S/C16H18N2O3/c17-12-16-13-18(8-11-21-16)7-10-20-15-5-3-14(4-6-15)2-1-9-19/h3-6,16,19H,7-11,13H2. The Hall–Kier alpha value is -2.05. The number of aliphatic hydroxyl groups is 1. The molecule has 1 fully saturated rings. The highest BCUT2D eigenvalue weighted by atomic mass is 16.5. The zero-order valence-corrected chi connectivity index (χ0v) is 11.8. The van der Waals surface area contributed by atoms with E-state index in [1.165, 1.54) is 0 Å². The third-order valence-electron chi connectivity index (χ3n) is 3.14. The van der Waals surface area contributed by atoms with Gasteiger partial charge in [-0.15, -0.1) is 0 Å². The van der Waals surface area contributed by atoms with Gasteiger partial charge in [0.25, 0.3) is 0 Å². The molecule has 0 bridgehead atoms. The summed E-state index contributed by atoms with van der Waals surface area (Å²) in [5.41, 5.74) is 0.849. The Bertz CT molecular complexity index is 539. The van der Waals surface area contributed by atoms with E-state index in [0.29, 0.717) is 19.8 Å². The monoisotopic (exact) mass is 286 g/mol. The van der Waals surface area contributed by atoms with Gasteiger partial charge >= 0.3 is 0 Å². The molecule has 1 aromatic carbocycles. The summed E-state index contributed by atoms with van der Waals surface area (Å²) >= 11 is 0. The van der Waals surface area contributed by atoms with Crippen molar-refractivity contribution in [3.8, 4) is 23.7 Å². The summed E-state index contributed by atoms with van der Waals surface area (Å²) in [5, 5.41) is 17.5. The lowest BCUT2D eigenvalue weighted by Crippen LogP contribution is -2.43. The molecule has 2 rings (SSSR count). The maximum atomic E-state index is 8.84. The average Bonchev–Trinajstić information content (AvgIpc) is 2.54. The van der Waals surface area contributed by atoms with Crippen LogP contribution in [0.5, 0.6) is 5.75 Å². The van der Waals surface area contributed by atoms with Gasteiger partial charge in [-0.3, -0.25) is 4.90 Å². The minimum atomic E-state index is -0.330. The smallest absolute Gasteiger partial charge is 0.156 e. The summed E-state index contributed by atoms with van der Waals surface area (Å²) in [6.45, 7) is 3.26. The summed E-state index contributed by atoms with van der Waals surface area (Å²) in [6, 6.07) is 9.57. The minimum absolute atomic E-state index is 0.137. The van der Waals surface area contributed by atoms with Gasteiger partial charge in [0.2, 0.25) is 0 Å². The second kappa shape index (κ2) is 8.28. The molecular formula is C16H18N2O3. The lowest BCUT2D eigenvalue weighted by molar-refractivity contribution is -0.00334. The number of rotatable bonds is 4. The molecule has 0 radical (unpaired) electrons. The first-order valence-corrected chi connectivity index (χ1v) is 6.88. The Morgan fingerprint density at radius 3 is 2.90 bits per heavy atom. The van der Waals surface area contributed by atoms with E-state index in [1.807, 2.05) is 24.3 Å². The first kappa shape index (κ1) is 15.3. The topological polar surface area (TPSA) is 65.7 Å². The fourth-order valence-electron chi connectivity index (χ4n) is 2.05. The van der Waals surface area contributed by atoms with Crippen molar-refractivity contribution in [1.82, 2.24) is 4.90 Å². The second-order valence-electron chi connectivity index (χ2n) is 4.62. The predicted molar refractivity (Wildman–Crippen MR) is 77.7 cm³/mol. The maximum absolute atomic E-state index is 8.84. The van der Waals surface area contributed by atoms with Gasteiger partial charge in [-0.05, 0) is 24.3 Å². The van der Waals surface area contributed by atoms with Crippen LogP contribution in [0.15, 0.2) is 24.3 Å². The van der Waals surface area contributed by atoms with Crippen LogP contribution in [0.2, 0.25) is 0 Å². The number of hydrogen-bond donors (Lipinski definition) is 1. The minimum Gasteiger partial charge on any atom is -0.492 e. The van der Waals surface area contributed by atoms with Crippen molar-refractivity contribution in [2.45, 2.75) is 6.10 Å². The number of hydrogen-bond acceptors (Lipinski definition) is 5. The van der Waals surface area contributed by atoms with E-state index in [1.54, 1.807) is 0 Å². The molecule has 1 aliphatic heterocycles. The van der Waals surface area contributed by atoms with Gasteiger partial charge in [0, 0.05) is 25.2 Å². The van der Waals surface area contributed by atoms with E-state index < -0.39 is 0 Å². The summed E-state index contributed by atoms with van der Waals surface area (Å²) in [5.74, 6) is 6.22. The summed E-state index contributed by atoms with van der Waals surface area (Å²) < 4.78 is 11.0. The molecule has 1 saturated heterocycles. The molecular weight excluding hydrogens is 268 g/mol. The molecule has 110 valence electrons. The van der Waals surface area contributed by atoms with E-state index in [-0.39, 0.29) is 12.7 Å². The van der Waals surface area contributed by atoms with Crippen molar-refractivity contribution >= 4 is 0 Å². The van der Waals surface area contributed by atoms with Gasteiger partial charge in [-0.2, -0.15) is 5.26 Å². The molecule has 1 atom stereocenters. The van der Waals surface area contributed by atoms with Crippen LogP contribution >= 0.6 is 0 Å². The first-order chi connectivity index (χ1) is 10.3. The highest BCUT2D eigenvalue weighted by molar-refractivity contribution is 5.38. The van der Waals surface area contributed by atoms with Crippen LogP contribution in [0, 0.1) is 23.2 Å². The van der Waals surface area contributed by atoms with E-state index >= 15 is 0 Å². The van der Waals surface area contributed by atoms with Crippen molar-refractivity contribution < 1.29 is 14.6 Å². The van der Waals surface area contributed by atoms with Crippen molar-refractivity contribution in [1.29, 1.82) is 5.26 Å². The van der Waals surface area contributed by atoms with Crippen LogP contribution in [0.3, 0.4) is 0 Å². The number of nitriles is 1. The number of nitrogens with zero attached hydrogens (tertiary/aromatic N) is 2. The van der Waals surface area contributed by atoms with Gasteiger partial charge in [0.05, 0.1) is 12.7 Å². The Balaban J connectivity index is 1.74. The van der Waals surface area contributed by atoms with Gasteiger partial charge in [0.1, 0.15) is 19.0 Å². The van der Waals surface area contributed by atoms with Crippen LogP contribution in [0.4, 0.5) is 0 Å². The van der Waals surface area contributed by atoms with E-state index in [0.717, 1.165) is 24.4 Å². The third-order valence-corrected chi connectivity index (χ3v) is 3.14. The number of aliphatic hydroxyl groups excluding tert-OH is 1. The highest BCUT2D eigenvalue weighted by Gasteiger charge is 2.19. The zero-order valence-electron chi connectivity index (χ0n) is 11.8. The fourth-order valence-corrected chi connectivity index (χ4v) is 2.05. The van der Waals surface area contributed by atoms with Crippen LogP contribution < -0.4 is 4.74 Å². The lowest BCUT2D eigenvalue weighted by Gasteiger charge is -2.29. The Labute approximate surface area is 124 Å². The van der Waals surface area contributed by atoms with Gasteiger partial charge in [-0.1, -0.05) is 11.8 Å². The van der Waals surface area contributed by atoms with E-state index in [4.69, 9.17) is 19.8 Å². The highest BCUT2D eigenvalue weighted by Crippen LogP contribution is 2.12. The molecule has 5 heteroatoms. The molecule has 21 heavy (non-hydrogen) atoms. The predicted octanol–water partition coefficient (Wildman–Crippen LogP) is 0.634. The largest absolute Gasteiger partial charge is 0.492 e. The Morgan fingerprint density at radius 2 is 2.19 bits per heavy atom. The number of ether oxygens (including phenoxy) is 2. The molecule has 0 amide bonds. The van der Waals surface area contributed by atoms with Gasteiger partial charge in [-0.25, -0.2) is 0 Å². The van der Waals surface area contributed by atoms with E-state index in [9.17, 15) is 0 Å². The molecule has 0 aliphatic carbocycles. The third kappa shape index (κ3) is 5.09. The fraction of sp³-hybridized carbons (Fsp3) is 0.438. The quantitative estimate of drug-likeness (QED) is 0.823. The van der Waals surface area contributed by atoms with Crippen molar-refractivity contribution in [2.24, 2.45) is 0 Å². The van der Waals surface area contributed by atoms with Crippen LogP contribution in [-0.2, 0) is 4.74 Å². The SMILES string of the molecule is N#CC1CN(CCOc2ccc(C#CCO)cc2)CCO1. The number of benzene rings is 1. The van der Waals surface area contributed by atoms with Crippen LogP contribution in [0.25, 0.3) is 0 Å². The molecule has 1 heterocycles. The Morgan fingerprint density at radius 1 is 1.38 bits per heavy atom. The molecule has 0 spiro atoms. The lowest BCUT2D eigenvalue weighted by atomic mass is 10.2. The van der Waals surface area contributed by atoms with Crippen LogP contribution in [-0.4, -0.2) is 55.6 Å². The average molecular weight is 286 g/mol. The normalized spacial score (nSPS) is 18.4. The van der Waals surface area contributed by atoms with Crippen molar-refractivity contribution in [2.75, 3.05) is 39.5 Å². The molecule has 1 N–H and O–H groups in total. The first-order valence-electron chi connectivity index (χ1n) is 6.88. The van der Waals surface area contributed by atoms with Gasteiger partial charge < -0.3 is 14.6 Å². The molecule has 0 aromatic heterocycles. The zero-order chi connectivity index (χ0) is 14.9. The summed E-state index contributed by atoms with van der Waals surface area (Å²) in [4.78, 5) is 2.17. The van der Waals surface area contributed by atoms with Crippen molar-refractivity contribution in [3.63, 3.8) is 0 Å². The Kier molecular flexibility index (Phi) is 6.05. The van der Waals surface area contributed by atoms with E-state index in [2.05, 4.69) is 22.8 Å². The van der Waals surface area contributed by atoms with Crippen molar-refractivity contribution in [3.05, 3.63) is 29.8 Å². The molecule has 5 nitrogen and oxygen atoms in total. The summed E-state index contributed by atoms with van der Waals surface area (Å²) in [7, 11) is 0. The van der Waals surface area contributed by atoms with Gasteiger partial charge in [0.15, 0.2) is 6.10 Å². The molecule has 1 unspecified atom stereocenters. The summed E-state index contributed by atoms with van der Waals surface area (Å²) in [6.07, 6.45) is -0.330. The second-order valence-corrected chi connectivity index (χ2v) is 4.62. The molecule has 1 aromatic rings. The molecule has 0 saturated carbocycles. The maximum Gasteiger partial charge on any atom is 0.156 e. The van der Waals surface area contributed by atoms with Crippen LogP contribution in [0.1, 0.15) is 5.56 Å². The number of morpholine rings is 1.